The summed E-state index contributed by atoms with van der Waals surface area (Å²) in [7, 11) is 0. The van der Waals surface area contributed by atoms with Crippen LogP contribution in [0, 0.1) is 0 Å². The number of hydrogen-bond acceptors (Lipinski definition) is 5. The van der Waals surface area contributed by atoms with E-state index >= 15 is 0 Å². The van der Waals surface area contributed by atoms with Crippen LogP contribution in [0.25, 0.3) is 0 Å². The van der Waals surface area contributed by atoms with Gasteiger partial charge in [-0.25, -0.2) is 4.68 Å². The van der Waals surface area contributed by atoms with Crippen molar-refractivity contribution < 1.29 is 9.53 Å². The Hall–Kier alpha value is -2.44. The topological polar surface area (TPSA) is 81.9 Å². The van der Waals surface area contributed by atoms with Gasteiger partial charge in [-0.3, -0.25) is 4.79 Å². The maximum Gasteiger partial charge on any atom is 0.251 e. The monoisotopic (exact) mass is 315 g/mol. The Labute approximate surface area is 135 Å². The van der Waals surface area contributed by atoms with Crippen LogP contribution < -0.4 is 10.1 Å². The van der Waals surface area contributed by atoms with Crippen molar-refractivity contribution in [2.24, 2.45) is 0 Å². The number of nitrogens with one attached hydrogen (secondary N) is 1. The van der Waals surface area contributed by atoms with Crippen LogP contribution in [0.1, 0.15) is 48.8 Å². The molecule has 1 amide bonds. The van der Waals surface area contributed by atoms with E-state index in [2.05, 4.69) is 20.8 Å². The number of carbonyl (C=O) groups is 1. The summed E-state index contributed by atoms with van der Waals surface area (Å²) >= 11 is 0. The summed E-state index contributed by atoms with van der Waals surface area (Å²) in [6.45, 7) is 2.93. The van der Waals surface area contributed by atoms with Gasteiger partial charge in [0.2, 0.25) is 0 Å². The zero-order chi connectivity index (χ0) is 16.1. The highest BCUT2D eigenvalue weighted by atomic mass is 16.5. The number of tetrazole rings is 1. The molecule has 7 nitrogen and oxygen atoms in total. The Bertz CT molecular complexity index is 664. The number of amides is 1. The second-order valence-electron chi connectivity index (χ2n) is 5.68. The van der Waals surface area contributed by atoms with E-state index in [1.54, 1.807) is 16.8 Å². The van der Waals surface area contributed by atoms with E-state index in [4.69, 9.17) is 4.74 Å². The molecule has 3 rings (SSSR count). The molecule has 0 atom stereocenters. The van der Waals surface area contributed by atoms with Crippen LogP contribution in [0.2, 0.25) is 0 Å². The lowest BCUT2D eigenvalue weighted by atomic mass is 10.1. The van der Waals surface area contributed by atoms with Crippen LogP contribution in [-0.2, 0) is 13.2 Å². The Balaban J connectivity index is 1.61. The maximum absolute atomic E-state index is 12.3. The van der Waals surface area contributed by atoms with Crippen molar-refractivity contribution >= 4 is 5.91 Å². The molecule has 1 heterocycles. The lowest BCUT2D eigenvalue weighted by molar-refractivity contribution is 0.0937. The number of ether oxygens (including phenoxy) is 1. The molecule has 0 saturated heterocycles. The summed E-state index contributed by atoms with van der Waals surface area (Å²) in [5.74, 6) is 1.25. The number of hydrogen-bond donors (Lipinski definition) is 1. The average molecular weight is 315 g/mol. The van der Waals surface area contributed by atoms with Crippen molar-refractivity contribution in [2.75, 3.05) is 0 Å². The molecule has 7 heteroatoms. The van der Waals surface area contributed by atoms with Gasteiger partial charge in [0.05, 0.1) is 0 Å². The first-order valence-corrected chi connectivity index (χ1v) is 8.05. The van der Waals surface area contributed by atoms with Gasteiger partial charge in [0.1, 0.15) is 12.4 Å². The third-order valence-electron chi connectivity index (χ3n) is 4.06. The number of aryl methyl sites for hydroxylation is 1. The van der Waals surface area contributed by atoms with Crippen molar-refractivity contribution in [1.29, 1.82) is 0 Å². The summed E-state index contributed by atoms with van der Waals surface area (Å²) in [6.07, 6.45) is 4.53. The minimum atomic E-state index is -0.0410. The third kappa shape index (κ3) is 3.85. The van der Waals surface area contributed by atoms with Crippen LogP contribution in [0.3, 0.4) is 0 Å². The van der Waals surface area contributed by atoms with Crippen LogP contribution in [0.15, 0.2) is 24.3 Å². The molecule has 0 spiro atoms. The molecular weight excluding hydrogens is 294 g/mol. The van der Waals surface area contributed by atoms with E-state index in [1.165, 1.54) is 12.8 Å². The molecule has 1 aromatic heterocycles. The van der Waals surface area contributed by atoms with Gasteiger partial charge in [0.15, 0.2) is 5.82 Å². The fourth-order valence-corrected chi connectivity index (χ4v) is 2.79. The Morgan fingerprint density at radius 3 is 3.00 bits per heavy atom. The number of nitrogens with zero attached hydrogens (tertiary/aromatic N) is 4. The lowest BCUT2D eigenvalue weighted by Crippen LogP contribution is -2.32. The zero-order valence-electron chi connectivity index (χ0n) is 13.2. The minimum Gasteiger partial charge on any atom is -0.486 e. The van der Waals surface area contributed by atoms with E-state index in [-0.39, 0.29) is 12.5 Å². The highest BCUT2D eigenvalue weighted by molar-refractivity contribution is 5.94. The predicted octanol–water partition coefficient (Wildman–Crippen LogP) is 1.94. The van der Waals surface area contributed by atoms with E-state index in [9.17, 15) is 4.79 Å². The van der Waals surface area contributed by atoms with Gasteiger partial charge in [-0.05, 0) is 48.4 Å². The smallest absolute Gasteiger partial charge is 0.251 e. The normalized spacial score (nSPS) is 14.8. The zero-order valence-corrected chi connectivity index (χ0v) is 13.2. The number of aromatic nitrogens is 4. The standard InChI is InChI=1S/C16H21N5O2/c1-2-21-15(18-19-20-21)11-23-14-9-5-6-12(10-14)16(22)17-13-7-3-4-8-13/h5-6,9-10,13H,2-4,7-8,11H2,1H3,(H,17,22). The first-order chi connectivity index (χ1) is 11.3. The molecule has 2 aromatic rings. The summed E-state index contributed by atoms with van der Waals surface area (Å²) in [5.41, 5.74) is 0.615. The predicted molar refractivity (Wildman–Crippen MR) is 84.0 cm³/mol. The van der Waals surface area contributed by atoms with Gasteiger partial charge in [0, 0.05) is 18.2 Å². The summed E-state index contributed by atoms with van der Waals surface area (Å²) in [5, 5.41) is 14.5. The second-order valence-corrected chi connectivity index (χ2v) is 5.68. The van der Waals surface area contributed by atoms with Gasteiger partial charge < -0.3 is 10.1 Å². The van der Waals surface area contributed by atoms with E-state index in [0.717, 1.165) is 12.8 Å². The van der Waals surface area contributed by atoms with Crippen molar-refractivity contribution in [3.05, 3.63) is 35.7 Å². The number of carbonyl (C=O) groups excluding carboxylic acids is 1. The van der Waals surface area contributed by atoms with Crippen LogP contribution in [0.5, 0.6) is 5.75 Å². The fourth-order valence-electron chi connectivity index (χ4n) is 2.79. The quantitative estimate of drug-likeness (QED) is 0.881. The molecule has 1 N–H and O–H groups in total. The number of rotatable bonds is 6. The molecule has 0 bridgehead atoms. The van der Waals surface area contributed by atoms with Crippen molar-refractivity contribution in [1.82, 2.24) is 25.5 Å². The van der Waals surface area contributed by atoms with Gasteiger partial charge in [-0.15, -0.1) is 5.10 Å². The molecule has 23 heavy (non-hydrogen) atoms. The van der Waals surface area contributed by atoms with E-state index < -0.39 is 0 Å². The lowest BCUT2D eigenvalue weighted by Gasteiger charge is -2.12. The van der Waals surface area contributed by atoms with Crippen LogP contribution in [-0.4, -0.2) is 32.2 Å². The molecular formula is C16H21N5O2. The Kier molecular flexibility index (Phi) is 4.85. The molecule has 122 valence electrons. The van der Waals surface area contributed by atoms with Crippen LogP contribution in [0.4, 0.5) is 0 Å². The number of benzene rings is 1. The molecule has 0 unspecified atom stereocenters. The highest BCUT2D eigenvalue weighted by Crippen LogP contribution is 2.19. The summed E-state index contributed by atoms with van der Waals surface area (Å²) in [4.78, 5) is 12.3. The molecule has 1 aliphatic rings. The van der Waals surface area contributed by atoms with Gasteiger partial charge >= 0.3 is 0 Å². The van der Waals surface area contributed by atoms with E-state index in [1.807, 2.05) is 19.1 Å². The highest BCUT2D eigenvalue weighted by Gasteiger charge is 2.18. The fraction of sp³-hybridized carbons (Fsp3) is 0.500. The largest absolute Gasteiger partial charge is 0.486 e. The summed E-state index contributed by atoms with van der Waals surface area (Å²) in [6, 6.07) is 7.51. The third-order valence-corrected chi connectivity index (χ3v) is 4.06. The second kappa shape index (κ2) is 7.21. The average Bonchev–Trinajstić information content (AvgIpc) is 3.24. The molecule has 0 aliphatic heterocycles. The Morgan fingerprint density at radius 1 is 1.39 bits per heavy atom. The summed E-state index contributed by atoms with van der Waals surface area (Å²) < 4.78 is 7.39. The SMILES string of the molecule is CCn1nnnc1COc1cccc(C(=O)NC2CCCC2)c1. The van der Waals surface area contributed by atoms with E-state index in [0.29, 0.717) is 29.7 Å². The van der Waals surface area contributed by atoms with Crippen molar-refractivity contribution in [2.45, 2.75) is 51.8 Å². The van der Waals surface area contributed by atoms with Gasteiger partial charge in [-0.2, -0.15) is 0 Å². The first kappa shape index (κ1) is 15.5. The maximum atomic E-state index is 12.3. The van der Waals surface area contributed by atoms with Crippen LogP contribution >= 0.6 is 0 Å². The molecule has 0 radical (unpaired) electrons. The Morgan fingerprint density at radius 2 is 2.22 bits per heavy atom. The van der Waals surface area contributed by atoms with Crippen molar-refractivity contribution in [3.63, 3.8) is 0 Å². The van der Waals surface area contributed by atoms with Crippen molar-refractivity contribution in [3.8, 4) is 5.75 Å². The minimum absolute atomic E-state index is 0.0410. The van der Waals surface area contributed by atoms with Gasteiger partial charge in [0.25, 0.3) is 5.91 Å². The first-order valence-electron chi connectivity index (χ1n) is 8.05. The molecule has 1 saturated carbocycles. The molecule has 1 aliphatic carbocycles. The molecule has 1 fully saturated rings. The molecule has 1 aromatic carbocycles. The van der Waals surface area contributed by atoms with Gasteiger partial charge in [-0.1, -0.05) is 18.9 Å².